The third-order valence-corrected chi connectivity index (χ3v) is 5.44. The van der Waals surface area contributed by atoms with Crippen LogP contribution in [0.2, 0.25) is 0 Å². The van der Waals surface area contributed by atoms with Gasteiger partial charge < -0.3 is 15.0 Å². The Hall–Kier alpha value is -2.89. The number of carbonyl (C=O) groups is 3. The summed E-state index contributed by atoms with van der Waals surface area (Å²) in [5.41, 5.74) is 0.903. The molecule has 6 heteroatoms. The molecular weight excluding hydrogens is 368 g/mol. The van der Waals surface area contributed by atoms with E-state index in [2.05, 4.69) is 12.2 Å². The Bertz CT molecular complexity index is 875. The normalized spacial score (nSPS) is 16.4. The summed E-state index contributed by atoms with van der Waals surface area (Å²) in [5.74, 6) is -1.02. The lowest BCUT2D eigenvalue weighted by atomic mass is 10.00. The predicted molar refractivity (Wildman–Crippen MR) is 111 cm³/mol. The molecule has 2 amide bonds. The number of rotatable bonds is 7. The molecule has 1 fully saturated rings. The van der Waals surface area contributed by atoms with E-state index in [0.717, 1.165) is 48.6 Å². The molecule has 1 atom stereocenters. The molecule has 0 radical (unpaired) electrons. The van der Waals surface area contributed by atoms with E-state index in [1.165, 1.54) is 0 Å². The van der Waals surface area contributed by atoms with E-state index in [1.54, 1.807) is 0 Å². The Morgan fingerprint density at radius 3 is 2.72 bits per heavy atom. The molecule has 1 heterocycles. The van der Waals surface area contributed by atoms with Crippen LogP contribution >= 0.6 is 0 Å². The monoisotopic (exact) mass is 396 g/mol. The molecule has 29 heavy (non-hydrogen) atoms. The van der Waals surface area contributed by atoms with Gasteiger partial charge in [-0.1, -0.05) is 49.4 Å². The van der Waals surface area contributed by atoms with Crippen molar-refractivity contribution in [2.75, 3.05) is 19.7 Å². The topological polar surface area (TPSA) is 75.7 Å². The number of esters is 1. The van der Waals surface area contributed by atoms with Crippen LogP contribution in [0.15, 0.2) is 42.5 Å². The number of hydrogen-bond donors (Lipinski definition) is 1. The summed E-state index contributed by atoms with van der Waals surface area (Å²) in [6.07, 6.45) is 4.20. The first-order chi connectivity index (χ1) is 14.1. The molecule has 1 aliphatic heterocycles. The van der Waals surface area contributed by atoms with Gasteiger partial charge in [0.1, 0.15) is 6.54 Å². The van der Waals surface area contributed by atoms with Crippen molar-refractivity contribution in [1.29, 1.82) is 0 Å². The van der Waals surface area contributed by atoms with E-state index in [9.17, 15) is 14.4 Å². The number of hydrogen-bond acceptors (Lipinski definition) is 4. The van der Waals surface area contributed by atoms with Gasteiger partial charge in [0.2, 0.25) is 5.91 Å². The van der Waals surface area contributed by atoms with Crippen LogP contribution in [-0.4, -0.2) is 48.4 Å². The minimum Gasteiger partial charge on any atom is -0.454 e. The number of amides is 2. The largest absolute Gasteiger partial charge is 0.454 e. The second-order valence-electron chi connectivity index (χ2n) is 7.40. The Labute approximate surface area is 171 Å². The fraction of sp³-hybridized carbons (Fsp3) is 0.435. The van der Waals surface area contributed by atoms with Crippen molar-refractivity contribution in [2.45, 2.75) is 45.1 Å². The van der Waals surface area contributed by atoms with E-state index in [-0.39, 0.29) is 37.4 Å². The number of likely N-dealkylation sites (tertiary alicyclic amines) is 1. The number of carbonyl (C=O) groups excluding carboxylic acids is 3. The lowest BCUT2D eigenvalue weighted by Crippen LogP contribution is -2.45. The number of fused-ring (bicyclic) bond motifs is 1. The van der Waals surface area contributed by atoms with Gasteiger partial charge in [-0.25, -0.2) is 0 Å². The van der Waals surface area contributed by atoms with Gasteiger partial charge in [-0.3, -0.25) is 14.4 Å². The Morgan fingerprint density at radius 1 is 1.10 bits per heavy atom. The van der Waals surface area contributed by atoms with Crippen LogP contribution in [0.5, 0.6) is 0 Å². The smallest absolute Gasteiger partial charge is 0.325 e. The highest BCUT2D eigenvalue weighted by Gasteiger charge is 2.25. The molecule has 0 aromatic heterocycles. The number of benzene rings is 2. The van der Waals surface area contributed by atoms with Gasteiger partial charge in [-0.05, 0) is 42.0 Å². The van der Waals surface area contributed by atoms with Crippen LogP contribution < -0.4 is 5.32 Å². The summed E-state index contributed by atoms with van der Waals surface area (Å²) >= 11 is 0. The Morgan fingerprint density at radius 2 is 1.90 bits per heavy atom. The quantitative estimate of drug-likeness (QED) is 0.730. The summed E-state index contributed by atoms with van der Waals surface area (Å²) in [7, 11) is 0. The maximum atomic E-state index is 12.3. The van der Waals surface area contributed by atoms with Crippen LogP contribution in [0.3, 0.4) is 0 Å². The Kier molecular flexibility index (Phi) is 7.22. The highest BCUT2D eigenvalue weighted by atomic mass is 16.5. The van der Waals surface area contributed by atoms with Gasteiger partial charge in [0.05, 0.1) is 6.42 Å². The molecule has 2 aromatic rings. The predicted octanol–water partition coefficient (Wildman–Crippen LogP) is 2.83. The average Bonchev–Trinajstić information content (AvgIpc) is 2.76. The zero-order valence-electron chi connectivity index (χ0n) is 16.9. The van der Waals surface area contributed by atoms with E-state index in [1.807, 2.05) is 47.4 Å². The summed E-state index contributed by atoms with van der Waals surface area (Å²) in [5, 5.41) is 4.67. The van der Waals surface area contributed by atoms with Gasteiger partial charge in [0, 0.05) is 12.6 Å². The van der Waals surface area contributed by atoms with Gasteiger partial charge in [0.15, 0.2) is 6.61 Å². The maximum absolute atomic E-state index is 12.3. The van der Waals surface area contributed by atoms with Crippen molar-refractivity contribution in [3.63, 3.8) is 0 Å². The standard InChI is InChI=1S/C23H28N2O4/c1-2-19-11-5-6-13-25(19)22(27)16-29-23(28)15-24-21(26)14-18-10-7-9-17-8-3-4-12-20(17)18/h3-4,7-10,12,19H,2,5-6,11,13-16H2,1H3,(H,24,26)/t19-/m1/s1. The van der Waals surface area contributed by atoms with Crippen molar-refractivity contribution >= 4 is 28.6 Å². The van der Waals surface area contributed by atoms with Crippen LogP contribution in [0.1, 0.15) is 38.2 Å². The van der Waals surface area contributed by atoms with Crippen molar-refractivity contribution in [2.24, 2.45) is 0 Å². The summed E-state index contributed by atoms with van der Waals surface area (Å²) < 4.78 is 5.08. The molecule has 0 spiro atoms. The van der Waals surface area contributed by atoms with Crippen molar-refractivity contribution in [3.8, 4) is 0 Å². The molecule has 2 aromatic carbocycles. The molecule has 1 saturated heterocycles. The number of piperidine rings is 1. The number of nitrogens with one attached hydrogen (secondary N) is 1. The van der Waals surface area contributed by atoms with Crippen molar-refractivity contribution in [1.82, 2.24) is 10.2 Å². The van der Waals surface area contributed by atoms with Crippen molar-refractivity contribution in [3.05, 3.63) is 48.0 Å². The summed E-state index contributed by atoms with van der Waals surface area (Å²) in [6.45, 7) is 2.27. The Balaban J connectivity index is 1.44. The molecule has 154 valence electrons. The highest BCUT2D eigenvalue weighted by Crippen LogP contribution is 2.20. The first kappa shape index (κ1) is 20.8. The zero-order chi connectivity index (χ0) is 20.6. The van der Waals surface area contributed by atoms with Crippen LogP contribution in [0.4, 0.5) is 0 Å². The fourth-order valence-electron chi connectivity index (χ4n) is 3.88. The first-order valence-electron chi connectivity index (χ1n) is 10.3. The zero-order valence-corrected chi connectivity index (χ0v) is 16.9. The van der Waals surface area contributed by atoms with Gasteiger partial charge >= 0.3 is 5.97 Å². The second kappa shape index (κ2) is 10.0. The lowest BCUT2D eigenvalue weighted by Gasteiger charge is -2.35. The third kappa shape index (κ3) is 5.56. The van der Waals surface area contributed by atoms with E-state index in [0.29, 0.717) is 0 Å². The maximum Gasteiger partial charge on any atom is 0.325 e. The van der Waals surface area contributed by atoms with E-state index >= 15 is 0 Å². The first-order valence-corrected chi connectivity index (χ1v) is 10.3. The average molecular weight is 396 g/mol. The molecule has 0 aliphatic carbocycles. The summed E-state index contributed by atoms with van der Waals surface area (Å²) in [4.78, 5) is 38.3. The highest BCUT2D eigenvalue weighted by molar-refractivity contribution is 5.91. The van der Waals surface area contributed by atoms with Gasteiger partial charge in [-0.2, -0.15) is 0 Å². The van der Waals surface area contributed by atoms with E-state index < -0.39 is 5.97 Å². The SMILES string of the molecule is CC[C@@H]1CCCCN1C(=O)COC(=O)CNC(=O)Cc1cccc2ccccc12. The number of ether oxygens (including phenoxy) is 1. The van der Waals surface area contributed by atoms with Gasteiger partial charge in [0.25, 0.3) is 5.91 Å². The molecular formula is C23H28N2O4. The molecule has 6 nitrogen and oxygen atoms in total. The van der Waals surface area contributed by atoms with Crippen LogP contribution in [0, 0.1) is 0 Å². The second-order valence-corrected chi connectivity index (χ2v) is 7.40. The molecule has 0 saturated carbocycles. The van der Waals surface area contributed by atoms with Crippen molar-refractivity contribution < 1.29 is 19.1 Å². The molecule has 0 unspecified atom stereocenters. The number of nitrogens with zero attached hydrogens (tertiary/aromatic N) is 1. The van der Waals surface area contributed by atoms with Crippen LogP contribution in [0.25, 0.3) is 10.8 Å². The van der Waals surface area contributed by atoms with E-state index in [4.69, 9.17) is 4.74 Å². The summed E-state index contributed by atoms with van der Waals surface area (Å²) in [6, 6.07) is 13.9. The molecule has 0 bridgehead atoms. The molecule has 1 aliphatic rings. The third-order valence-electron chi connectivity index (χ3n) is 5.44. The lowest BCUT2D eigenvalue weighted by molar-refractivity contribution is -0.153. The minimum atomic E-state index is -0.602. The molecule has 1 N–H and O–H groups in total. The fourth-order valence-corrected chi connectivity index (χ4v) is 3.88. The molecule has 3 rings (SSSR count). The van der Waals surface area contributed by atoms with Gasteiger partial charge in [-0.15, -0.1) is 0 Å². The minimum absolute atomic E-state index is 0.160. The van der Waals surface area contributed by atoms with Crippen LogP contribution in [-0.2, 0) is 25.5 Å².